The van der Waals surface area contributed by atoms with Crippen LogP contribution in [0.4, 0.5) is 0 Å². The summed E-state index contributed by atoms with van der Waals surface area (Å²) in [5.41, 5.74) is 0. The Morgan fingerprint density at radius 2 is 2.12 bits per heavy atom. The summed E-state index contributed by atoms with van der Waals surface area (Å²) in [4.78, 5) is 25.3. The van der Waals surface area contributed by atoms with E-state index in [9.17, 15) is 14.7 Å². The van der Waals surface area contributed by atoms with Crippen molar-refractivity contribution in [2.24, 2.45) is 0 Å². The number of carbonyl (C=O) groups excluding carboxylic acids is 2. The Kier molecular flexibility index (Phi) is 11.4. The maximum atomic E-state index is 12.1. The Morgan fingerprint density at radius 3 is 2.84 bits per heavy atom. The summed E-state index contributed by atoms with van der Waals surface area (Å²) >= 11 is 0. The lowest BCUT2D eigenvalue weighted by atomic mass is 10.1. The number of ketones is 1. The first kappa shape index (κ1) is 21.8. The molecule has 1 rings (SSSR count). The summed E-state index contributed by atoms with van der Waals surface area (Å²) in [5.74, 6) is 0.128. The molecular weight excluding hydrogens is 318 g/mol. The number of likely N-dealkylation sites (tertiary alicyclic amines) is 1. The maximum absolute atomic E-state index is 12.1. The molecule has 1 aliphatic heterocycles. The van der Waals surface area contributed by atoms with Crippen LogP contribution in [0.25, 0.3) is 0 Å². The lowest BCUT2D eigenvalue weighted by molar-refractivity contribution is -0.140. The number of Topliss-reactive ketones (excluding diaryl/α,β-unsaturated/α-hetero) is 1. The van der Waals surface area contributed by atoms with Crippen LogP contribution in [0.5, 0.6) is 0 Å². The van der Waals surface area contributed by atoms with E-state index < -0.39 is 0 Å². The highest BCUT2D eigenvalue weighted by atomic mass is 16.5. The van der Waals surface area contributed by atoms with E-state index >= 15 is 0 Å². The Balaban J connectivity index is 2.26. The van der Waals surface area contributed by atoms with Gasteiger partial charge in [-0.15, -0.1) is 0 Å². The van der Waals surface area contributed by atoms with Gasteiger partial charge in [0.15, 0.2) is 5.78 Å². The van der Waals surface area contributed by atoms with Crippen molar-refractivity contribution in [3.63, 3.8) is 0 Å². The zero-order valence-corrected chi connectivity index (χ0v) is 15.9. The van der Waals surface area contributed by atoms with E-state index in [1.807, 2.05) is 6.08 Å². The Hall–Kier alpha value is -1.20. The van der Waals surface area contributed by atoms with Crippen molar-refractivity contribution in [3.8, 4) is 0 Å². The number of allylic oxidation sites excluding steroid dienone is 1. The molecule has 0 aromatic carbocycles. The van der Waals surface area contributed by atoms with Crippen LogP contribution in [0.3, 0.4) is 0 Å². The lowest BCUT2D eigenvalue weighted by Gasteiger charge is -2.23. The highest BCUT2D eigenvalue weighted by molar-refractivity contribution is 5.86. The Morgan fingerprint density at radius 1 is 1.32 bits per heavy atom. The molecule has 1 N–H and O–H groups in total. The number of ether oxygens (including phenoxy) is 1. The SMILES string of the molecule is CCCCC[C@@H](O)CCN1CCC(=O)[C@@H]1C/C=C\CCCC(=O)OC. The molecule has 1 saturated heterocycles. The van der Waals surface area contributed by atoms with E-state index in [2.05, 4.69) is 22.6 Å². The average molecular weight is 354 g/mol. The van der Waals surface area contributed by atoms with Gasteiger partial charge in [-0.05, 0) is 32.1 Å². The van der Waals surface area contributed by atoms with Gasteiger partial charge in [0.05, 0.1) is 19.3 Å². The first-order chi connectivity index (χ1) is 12.1. The van der Waals surface area contributed by atoms with Crippen LogP contribution in [0, 0.1) is 0 Å². The van der Waals surface area contributed by atoms with E-state index in [0.717, 1.165) is 51.6 Å². The van der Waals surface area contributed by atoms with Crippen LogP contribution in [0.15, 0.2) is 12.2 Å². The molecule has 0 aliphatic carbocycles. The number of rotatable bonds is 13. The fraction of sp³-hybridized carbons (Fsp3) is 0.800. The van der Waals surface area contributed by atoms with Crippen molar-refractivity contribution >= 4 is 11.8 Å². The molecule has 0 radical (unpaired) electrons. The van der Waals surface area contributed by atoms with E-state index in [-0.39, 0.29) is 18.1 Å². The minimum absolute atomic E-state index is 0.0419. The zero-order valence-electron chi connectivity index (χ0n) is 15.9. The summed E-state index contributed by atoms with van der Waals surface area (Å²) < 4.78 is 4.61. The van der Waals surface area contributed by atoms with Gasteiger partial charge < -0.3 is 9.84 Å². The van der Waals surface area contributed by atoms with Gasteiger partial charge in [0.25, 0.3) is 0 Å². The molecule has 0 saturated carbocycles. The second kappa shape index (κ2) is 13.1. The number of hydrogen-bond donors (Lipinski definition) is 1. The van der Waals surface area contributed by atoms with Crippen molar-refractivity contribution in [2.75, 3.05) is 20.2 Å². The van der Waals surface area contributed by atoms with Gasteiger partial charge in [-0.2, -0.15) is 0 Å². The van der Waals surface area contributed by atoms with Crippen molar-refractivity contribution in [2.45, 2.75) is 83.3 Å². The van der Waals surface area contributed by atoms with Gasteiger partial charge in [-0.25, -0.2) is 0 Å². The van der Waals surface area contributed by atoms with Gasteiger partial charge >= 0.3 is 5.97 Å². The lowest BCUT2D eigenvalue weighted by Crippen LogP contribution is -2.34. The van der Waals surface area contributed by atoms with Gasteiger partial charge in [0, 0.05) is 25.9 Å². The molecule has 0 spiro atoms. The zero-order chi connectivity index (χ0) is 18.5. The Bertz CT molecular complexity index is 422. The first-order valence-electron chi connectivity index (χ1n) is 9.75. The summed E-state index contributed by atoms with van der Waals surface area (Å²) in [6.07, 6.45) is 12.2. The molecule has 0 amide bonds. The van der Waals surface area contributed by atoms with Gasteiger partial charge in [0.1, 0.15) is 0 Å². The van der Waals surface area contributed by atoms with E-state index in [0.29, 0.717) is 18.6 Å². The van der Waals surface area contributed by atoms with Crippen molar-refractivity contribution in [1.82, 2.24) is 4.90 Å². The molecular formula is C20H35NO4. The number of aliphatic hydroxyl groups excluding tert-OH is 1. The fourth-order valence-corrected chi connectivity index (χ4v) is 3.23. The smallest absolute Gasteiger partial charge is 0.305 e. The molecule has 1 aliphatic rings. The van der Waals surface area contributed by atoms with Crippen molar-refractivity contribution in [1.29, 1.82) is 0 Å². The molecule has 144 valence electrons. The third-order valence-corrected chi connectivity index (χ3v) is 4.85. The highest BCUT2D eigenvalue weighted by Crippen LogP contribution is 2.19. The molecule has 1 heterocycles. The molecule has 0 aromatic rings. The van der Waals surface area contributed by atoms with Gasteiger partial charge in [-0.1, -0.05) is 38.3 Å². The largest absolute Gasteiger partial charge is 0.469 e. The molecule has 5 heteroatoms. The number of carbonyl (C=O) groups is 2. The molecule has 0 bridgehead atoms. The molecule has 2 atom stereocenters. The van der Waals surface area contributed by atoms with E-state index in [4.69, 9.17) is 0 Å². The third kappa shape index (κ3) is 9.17. The molecule has 1 fully saturated rings. The molecule has 0 aromatic heterocycles. The van der Waals surface area contributed by atoms with Crippen LogP contribution in [-0.4, -0.2) is 54.1 Å². The van der Waals surface area contributed by atoms with Crippen molar-refractivity contribution in [3.05, 3.63) is 12.2 Å². The average Bonchev–Trinajstić information content (AvgIpc) is 2.96. The summed E-state index contributed by atoms with van der Waals surface area (Å²) in [6.45, 7) is 3.76. The van der Waals surface area contributed by atoms with Gasteiger partial charge in [0.2, 0.25) is 0 Å². The maximum Gasteiger partial charge on any atom is 0.305 e. The van der Waals surface area contributed by atoms with Crippen LogP contribution < -0.4 is 0 Å². The van der Waals surface area contributed by atoms with Crippen LogP contribution >= 0.6 is 0 Å². The standard InChI is InChI=1S/C20H35NO4/c1-3-4-7-10-17(22)13-15-21-16-14-19(23)18(21)11-8-5-6-9-12-20(24)25-2/h5,8,17-18,22H,3-4,6-7,9-16H2,1-2H3/b8-5-/t17-,18+/m1/s1. The van der Waals surface area contributed by atoms with E-state index in [1.165, 1.54) is 20.0 Å². The first-order valence-corrected chi connectivity index (χ1v) is 9.75. The normalized spacial score (nSPS) is 19.6. The predicted octanol–water partition coefficient (Wildman–Crippen LogP) is 3.25. The summed E-state index contributed by atoms with van der Waals surface area (Å²) in [7, 11) is 1.40. The minimum Gasteiger partial charge on any atom is -0.469 e. The van der Waals surface area contributed by atoms with Crippen LogP contribution in [0.2, 0.25) is 0 Å². The monoisotopic (exact) mass is 353 g/mol. The van der Waals surface area contributed by atoms with Gasteiger partial charge in [-0.3, -0.25) is 14.5 Å². The quantitative estimate of drug-likeness (QED) is 0.313. The molecule has 0 unspecified atom stereocenters. The highest BCUT2D eigenvalue weighted by Gasteiger charge is 2.31. The number of nitrogens with zero attached hydrogens (tertiary/aromatic N) is 1. The topological polar surface area (TPSA) is 66.8 Å². The number of aliphatic hydroxyl groups is 1. The summed E-state index contributed by atoms with van der Waals surface area (Å²) in [5, 5.41) is 10.1. The number of methoxy groups -OCH3 is 1. The number of unbranched alkanes of at least 4 members (excludes halogenated alkanes) is 3. The van der Waals surface area contributed by atoms with Crippen LogP contribution in [0.1, 0.15) is 71.1 Å². The summed E-state index contributed by atoms with van der Waals surface area (Å²) in [6, 6.07) is -0.0419. The number of esters is 1. The number of hydrogen-bond acceptors (Lipinski definition) is 5. The van der Waals surface area contributed by atoms with Crippen molar-refractivity contribution < 1.29 is 19.4 Å². The fourth-order valence-electron chi connectivity index (χ4n) is 3.23. The second-order valence-corrected chi connectivity index (χ2v) is 6.88. The third-order valence-electron chi connectivity index (χ3n) is 4.85. The minimum atomic E-state index is -0.253. The predicted molar refractivity (Wildman–Crippen MR) is 99.4 cm³/mol. The van der Waals surface area contributed by atoms with E-state index in [1.54, 1.807) is 0 Å². The van der Waals surface area contributed by atoms with Crippen LogP contribution in [-0.2, 0) is 14.3 Å². The Labute approximate surface area is 152 Å². The molecule has 5 nitrogen and oxygen atoms in total. The second-order valence-electron chi connectivity index (χ2n) is 6.88. The molecule has 25 heavy (non-hydrogen) atoms.